The maximum Gasteiger partial charge on any atom is 0.337 e. The molecule has 0 bridgehead atoms. The summed E-state index contributed by atoms with van der Waals surface area (Å²) in [5.41, 5.74) is 1.70. The lowest BCUT2D eigenvalue weighted by atomic mass is 10.2. The molecule has 0 N–H and O–H groups in total. The maximum absolute atomic E-state index is 11.5. The number of hydrogen-bond acceptors (Lipinski definition) is 6. The van der Waals surface area contributed by atoms with Crippen LogP contribution in [0.3, 0.4) is 0 Å². The molecule has 0 amide bonds. The molecule has 0 aromatic heterocycles. The fourth-order valence-corrected chi connectivity index (χ4v) is 2.62. The first kappa shape index (κ1) is 19.9. The normalized spacial score (nSPS) is 10.2. The molecule has 0 aliphatic rings. The van der Waals surface area contributed by atoms with Crippen LogP contribution >= 0.6 is 0 Å². The van der Waals surface area contributed by atoms with E-state index in [0.29, 0.717) is 34.1 Å². The van der Waals surface area contributed by atoms with E-state index in [1.165, 1.54) is 14.2 Å². The Bertz CT molecular complexity index is 927. The van der Waals surface area contributed by atoms with Gasteiger partial charge in [-0.2, -0.15) is 0 Å². The predicted octanol–water partition coefficient (Wildman–Crippen LogP) is 5.15. The number of hydrogen-bond donors (Lipinski definition) is 0. The second kappa shape index (κ2) is 8.93. The molecule has 29 heavy (non-hydrogen) atoms. The summed E-state index contributed by atoms with van der Waals surface area (Å²) < 4.78 is 21.2. The minimum Gasteiger partial charge on any atom is -0.465 e. The summed E-state index contributed by atoms with van der Waals surface area (Å²) in [6.07, 6.45) is 0. The zero-order valence-corrected chi connectivity index (χ0v) is 16.3. The van der Waals surface area contributed by atoms with Crippen LogP contribution in [-0.4, -0.2) is 26.2 Å². The van der Waals surface area contributed by atoms with Crippen LogP contribution in [0.15, 0.2) is 66.7 Å². The first-order valence-electron chi connectivity index (χ1n) is 8.84. The number of carbonyl (C=O) groups excluding carboxylic acids is 2. The van der Waals surface area contributed by atoms with Gasteiger partial charge in [0.15, 0.2) is 0 Å². The van der Waals surface area contributed by atoms with Crippen LogP contribution in [0.2, 0.25) is 0 Å². The Kier molecular flexibility index (Phi) is 6.14. The zero-order chi connectivity index (χ0) is 20.8. The lowest BCUT2D eigenvalue weighted by Gasteiger charge is -2.14. The molecule has 0 unspecified atom stereocenters. The number of carbonyl (C=O) groups is 2. The van der Waals surface area contributed by atoms with E-state index in [-0.39, 0.29) is 0 Å². The van der Waals surface area contributed by atoms with Gasteiger partial charge in [0.2, 0.25) is 0 Å². The Hall–Kier alpha value is -3.80. The first-order chi connectivity index (χ1) is 14.0. The summed E-state index contributed by atoms with van der Waals surface area (Å²) in [5.74, 6) is 1.61. The molecule has 6 heteroatoms. The summed E-state index contributed by atoms with van der Waals surface area (Å²) in [6, 6.07) is 18.8. The molecule has 148 valence electrons. The average molecular weight is 392 g/mol. The number of rotatable bonds is 6. The van der Waals surface area contributed by atoms with Gasteiger partial charge in [-0.15, -0.1) is 0 Å². The van der Waals surface area contributed by atoms with Crippen molar-refractivity contribution in [3.63, 3.8) is 0 Å². The molecule has 6 nitrogen and oxygen atoms in total. The van der Waals surface area contributed by atoms with E-state index in [2.05, 4.69) is 0 Å². The van der Waals surface area contributed by atoms with E-state index >= 15 is 0 Å². The molecule has 0 atom stereocenters. The Morgan fingerprint density at radius 3 is 1.34 bits per heavy atom. The van der Waals surface area contributed by atoms with Crippen LogP contribution in [0, 0.1) is 6.92 Å². The number of methoxy groups -OCH3 is 2. The van der Waals surface area contributed by atoms with Crippen LogP contribution in [0.1, 0.15) is 26.3 Å². The third-order valence-electron chi connectivity index (χ3n) is 4.24. The van der Waals surface area contributed by atoms with Gasteiger partial charge in [0.25, 0.3) is 0 Å². The van der Waals surface area contributed by atoms with Crippen molar-refractivity contribution in [1.82, 2.24) is 0 Å². The van der Waals surface area contributed by atoms with Crippen molar-refractivity contribution in [3.05, 3.63) is 83.4 Å². The monoisotopic (exact) mass is 392 g/mol. The second-order valence-corrected chi connectivity index (χ2v) is 6.12. The van der Waals surface area contributed by atoms with E-state index in [4.69, 9.17) is 18.9 Å². The van der Waals surface area contributed by atoms with E-state index < -0.39 is 11.9 Å². The van der Waals surface area contributed by atoms with Gasteiger partial charge in [-0.3, -0.25) is 0 Å². The SMILES string of the molecule is COC(=O)c1ccc(Oc2cccc(Oc3ccc(C(=O)OC)cc3)c2C)cc1. The van der Waals surface area contributed by atoms with E-state index in [9.17, 15) is 9.59 Å². The quantitative estimate of drug-likeness (QED) is 0.540. The molecule has 0 saturated carbocycles. The Morgan fingerprint density at radius 1 is 0.621 bits per heavy atom. The number of ether oxygens (including phenoxy) is 4. The third-order valence-corrected chi connectivity index (χ3v) is 4.24. The maximum atomic E-state index is 11.5. The molecule has 0 aliphatic carbocycles. The molecule has 3 rings (SSSR count). The molecule has 3 aromatic rings. The Labute approximate surface area is 168 Å². The molecule has 0 fully saturated rings. The highest BCUT2D eigenvalue weighted by Crippen LogP contribution is 2.34. The molecular weight excluding hydrogens is 372 g/mol. The van der Waals surface area contributed by atoms with Crippen molar-refractivity contribution in [3.8, 4) is 23.0 Å². The van der Waals surface area contributed by atoms with Crippen LogP contribution in [0.4, 0.5) is 0 Å². The molecule has 0 spiro atoms. The van der Waals surface area contributed by atoms with E-state index in [1.54, 1.807) is 48.5 Å². The van der Waals surface area contributed by atoms with Gasteiger partial charge in [-0.25, -0.2) is 9.59 Å². The fourth-order valence-electron chi connectivity index (χ4n) is 2.62. The summed E-state index contributed by atoms with van der Waals surface area (Å²) in [4.78, 5) is 23.1. The Balaban J connectivity index is 1.75. The minimum absolute atomic E-state index is 0.402. The lowest BCUT2D eigenvalue weighted by molar-refractivity contribution is 0.0592. The topological polar surface area (TPSA) is 71.1 Å². The zero-order valence-electron chi connectivity index (χ0n) is 16.3. The van der Waals surface area contributed by atoms with Gasteiger partial charge in [0, 0.05) is 5.56 Å². The largest absolute Gasteiger partial charge is 0.465 e. The van der Waals surface area contributed by atoms with E-state index in [1.807, 2.05) is 25.1 Å². The van der Waals surface area contributed by atoms with Gasteiger partial charge in [-0.05, 0) is 67.6 Å². The van der Waals surface area contributed by atoms with Gasteiger partial charge in [-0.1, -0.05) is 6.07 Å². The molecule has 0 saturated heterocycles. The van der Waals surface area contributed by atoms with E-state index in [0.717, 1.165) is 5.56 Å². The number of benzene rings is 3. The van der Waals surface area contributed by atoms with Crippen LogP contribution in [0.5, 0.6) is 23.0 Å². The highest BCUT2D eigenvalue weighted by molar-refractivity contribution is 5.89. The lowest BCUT2D eigenvalue weighted by Crippen LogP contribution is -2.00. The van der Waals surface area contributed by atoms with Crippen LogP contribution in [-0.2, 0) is 9.47 Å². The summed E-state index contributed by atoms with van der Waals surface area (Å²) >= 11 is 0. The van der Waals surface area contributed by atoms with Crippen molar-refractivity contribution >= 4 is 11.9 Å². The average Bonchev–Trinajstić information content (AvgIpc) is 2.76. The van der Waals surface area contributed by atoms with Crippen molar-refractivity contribution in [1.29, 1.82) is 0 Å². The van der Waals surface area contributed by atoms with Crippen molar-refractivity contribution < 1.29 is 28.5 Å². The van der Waals surface area contributed by atoms with Gasteiger partial charge in [0.05, 0.1) is 25.3 Å². The van der Waals surface area contributed by atoms with Gasteiger partial charge in [0.1, 0.15) is 23.0 Å². The highest BCUT2D eigenvalue weighted by Gasteiger charge is 2.11. The summed E-state index contributed by atoms with van der Waals surface area (Å²) in [5, 5.41) is 0. The fraction of sp³-hybridized carbons (Fsp3) is 0.130. The first-order valence-corrected chi connectivity index (χ1v) is 8.84. The molecule has 0 heterocycles. The number of esters is 2. The second-order valence-electron chi connectivity index (χ2n) is 6.12. The minimum atomic E-state index is -0.402. The van der Waals surface area contributed by atoms with Crippen LogP contribution < -0.4 is 9.47 Å². The smallest absolute Gasteiger partial charge is 0.337 e. The highest BCUT2D eigenvalue weighted by atomic mass is 16.5. The van der Waals surface area contributed by atoms with Crippen molar-refractivity contribution in [2.24, 2.45) is 0 Å². The molecular formula is C23H20O6. The third kappa shape index (κ3) is 4.73. The van der Waals surface area contributed by atoms with Crippen molar-refractivity contribution in [2.45, 2.75) is 6.92 Å². The molecule has 0 radical (unpaired) electrons. The molecule has 3 aromatic carbocycles. The standard InChI is InChI=1S/C23H20O6/c1-15-20(28-18-11-7-16(8-12-18)22(24)26-2)5-4-6-21(15)29-19-13-9-17(10-14-19)23(25)27-3/h4-14H,1-3H3. The predicted molar refractivity (Wildman–Crippen MR) is 107 cm³/mol. The Morgan fingerprint density at radius 2 is 1.00 bits per heavy atom. The van der Waals surface area contributed by atoms with Gasteiger partial charge < -0.3 is 18.9 Å². The van der Waals surface area contributed by atoms with Crippen molar-refractivity contribution in [2.75, 3.05) is 14.2 Å². The van der Waals surface area contributed by atoms with Crippen LogP contribution in [0.25, 0.3) is 0 Å². The van der Waals surface area contributed by atoms with Gasteiger partial charge >= 0.3 is 11.9 Å². The summed E-state index contributed by atoms with van der Waals surface area (Å²) in [6.45, 7) is 1.89. The molecule has 0 aliphatic heterocycles. The summed E-state index contributed by atoms with van der Waals surface area (Å²) in [7, 11) is 2.68.